The van der Waals surface area contributed by atoms with Crippen molar-refractivity contribution in [1.29, 1.82) is 0 Å². The zero-order valence-electron chi connectivity index (χ0n) is 8.16. The van der Waals surface area contributed by atoms with Crippen molar-refractivity contribution in [2.75, 3.05) is 6.61 Å². The fourth-order valence-electron chi connectivity index (χ4n) is 2.12. The molecule has 1 fully saturated rings. The lowest BCUT2D eigenvalue weighted by Gasteiger charge is -2.28. The molecule has 0 radical (unpaired) electrons. The van der Waals surface area contributed by atoms with Crippen LogP contribution in [-0.4, -0.2) is 17.9 Å². The molecule has 0 aromatic heterocycles. The maximum atomic E-state index is 10.1. The molecular weight excluding hydrogens is 168 g/mol. The summed E-state index contributed by atoms with van der Waals surface area (Å²) in [6, 6.07) is 0. The average molecular weight is 186 g/mol. The van der Waals surface area contributed by atoms with E-state index in [1.54, 1.807) is 0 Å². The van der Waals surface area contributed by atoms with Gasteiger partial charge in [-0.2, -0.15) is 0 Å². The van der Waals surface area contributed by atoms with Crippen molar-refractivity contribution >= 4 is 6.16 Å². The predicted octanol–water partition coefficient (Wildman–Crippen LogP) is 2.90. The Kier molecular flexibility index (Phi) is 4.06. The van der Waals surface area contributed by atoms with Crippen LogP contribution >= 0.6 is 0 Å². The predicted molar refractivity (Wildman–Crippen MR) is 49.7 cm³/mol. The Hall–Kier alpha value is -0.730. The van der Waals surface area contributed by atoms with E-state index in [1.165, 1.54) is 25.7 Å². The van der Waals surface area contributed by atoms with Crippen LogP contribution in [0.25, 0.3) is 0 Å². The van der Waals surface area contributed by atoms with Crippen LogP contribution in [0, 0.1) is 11.8 Å². The Balaban J connectivity index is 2.15. The number of hydrogen-bond donors (Lipinski definition) is 1. The molecule has 0 aromatic rings. The number of rotatable bonds is 3. The lowest BCUT2D eigenvalue weighted by molar-refractivity contribution is 0.0796. The highest BCUT2D eigenvalue weighted by atomic mass is 16.7. The third kappa shape index (κ3) is 3.66. The molecule has 0 aliphatic heterocycles. The van der Waals surface area contributed by atoms with Crippen molar-refractivity contribution in [3.8, 4) is 0 Å². The fourth-order valence-corrected chi connectivity index (χ4v) is 2.12. The highest BCUT2D eigenvalue weighted by Crippen LogP contribution is 2.31. The molecule has 2 atom stereocenters. The topological polar surface area (TPSA) is 46.5 Å². The van der Waals surface area contributed by atoms with Crippen molar-refractivity contribution in [3.05, 3.63) is 0 Å². The van der Waals surface area contributed by atoms with Crippen molar-refractivity contribution in [3.63, 3.8) is 0 Å². The van der Waals surface area contributed by atoms with Crippen molar-refractivity contribution in [1.82, 2.24) is 0 Å². The van der Waals surface area contributed by atoms with E-state index in [0.29, 0.717) is 12.5 Å². The van der Waals surface area contributed by atoms with Crippen molar-refractivity contribution < 1.29 is 14.6 Å². The molecule has 3 nitrogen and oxygen atoms in total. The van der Waals surface area contributed by atoms with E-state index in [9.17, 15) is 4.79 Å². The van der Waals surface area contributed by atoms with Gasteiger partial charge >= 0.3 is 6.16 Å². The van der Waals surface area contributed by atoms with Crippen LogP contribution < -0.4 is 0 Å². The molecule has 0 saturated heterocycles. The largest absolute Gasteiger partial charge is 0.505 e. The number of carbonyl (C=O) groups is 1. The highest BCUT2D eigenvalue weighted by Gasteiger charge is 2.20. The van der Waals surface area contributed by atoms with Crippen LogP contribution in [0.15, 0.2) is 0 Å². The van der Waals surface area contributed by atoms with Crippen LogP contribution in [0.5, 0.6) is 0 Å². The van der Waals surface area contributed by atoms with Gasteiger partial charge in [0.05, 0.1) is 6.61 Å². The molecule has 3 heteroatoms. The molecule has 13 heavy (non-hydrogen) atoms. The standard InChI is InChI=1S/C10H18O3/c1-8-4-2-3-5-9(8)6-7-13-10(11)12/h8-9H,2-7H2,1H3,(H,11,12). The minimum atomic E-state index is -1.15. The van der Waals surface area contributed by atoms with Crippen molar-refractivity contribution in [2.45, 2.75) is 39.0 Å². The van der Waals surface area contributed by atoms with E-state index in [1.807, 2.05) is 0 Å². The monoisotopic (exact) mass is 186 g/mol. The normalized spacial score (nSPS) is 28.4. The van der Waals surface area contributed by atoms with Gasteiger partial charge in [0.1, 0.15) is 0 Å². The van der Waals surface area contributed by atoms with Gasteiger partial charge in [0.15, 0.2) is 0 Å². The number of hydrogen-bond acceptors (Lipinski definition) is 2. The van der Waals surface area contributed by atoms with Gasteiger partial charge in [0, 0.05) is 0 Å². The van der Waals surface area contributed by atoms with E-state index in [0.717, 1.165) is 12.3 Å². The van der Waals surface area contributed by atoms with E-state index in [4.69, 9.17) is 5.11 Å². The number of carboxylic acid groups (broad SMARTS) is 1. The first-order chi connectivity index (χ1) is 6.20. The summed E-state index contributed by atoms with van der Waals surface area (Å²) in [5, 5.41) is 8.29. The Morgan fingerprint density at radius 3 is 2.77 bits per heavy atom. The Bertz CT molecular complexity index is 168. The van der Waals surface area contributed by atoms with Gasteiger partial charge in [-0.1, -0.05) is 32.6 Å². The number of ether oxygens (including phenoxy) is 1. The molecule has 1 aliphatic carbocycles. The molecule has 0 bridgehead atoms. The molecule has 76 valence electrons. The third-order valence-corrected chi connectivity index (χ3v) is 3.00. The fraction of sp³-hybridized carbons (Fsp3) is 0.900. The van der Waals surface area contributed by atoms with E-state index >= 15 is 0 Å². The molecular formula is C10H18O3. The Labute approximate surface area is 79.1 Å². The third-order valence-electron chi connectivity index (χ3n) is 3.00. The summed E-state index contributed by atoms with van der Waals surface area (Å²) in [5.74, 6) is 1.42. The lowest BCUT2D eigenvalue weighted by Crippen LogP contribution is -2.19. The molecule has 0 spiro atoms. The van der Waals surface area contributed by atoms with E-state index in [-0.39, 0.29) is 0 Å². The van der Waals surface area contributed by atoms with Crippen LogP contribution in [-0.2, 0) is 4.74 Å². The van der Waals surface area contributed by atoms with Gasteiger partial charge in [-0.3, -0.25) is 0 Å². The summed E-state index contributed by atoms with van der Waals surface area (Å²) >= 11 is 0. The van der Waals surface area contributed by atoms with Crippen molar-refractivity contribution in [2.24, 2.45) is 11.8 Å². The minimum Gasteiger partial charge on any atom is -0.450 e. The molecule has 0 heterocycles. The summed E-state index contributed by atoms with van der Waals surface area (Å²) in [5.41, 5.74) is 0. The molecule has 1 aliphatic rings. The zero-order valence-corrected chi connectivity index (χ0v) is 8.16. The van der Waals surface area contributed by atoms with E-state index in [2.05, 4.69) is 11.7 Å². The second kappa shape index (κ2) is 5.10. The summed E-state index contributed by atoms with van der Waals surface area (Å²) in [6.45, 7) is 2.62. The SMILES string of the molecule is CC1CCCCC1CCOC(=O)O. The Morgan fingerprint density at radius 1 is 1.46 bits per heavy atom. The van der Waals surface area contributed by atoms with E-state index < -0.39 is 6.16 Å². The second-order valence-electron chi connectivity index (χ2n) is 3.92. The van der Waals surface area contributed by atoms with Gasteiger partial charge < -0.3 is 9.84 Å². The molecule has 1 saturated carbocycles. The minimum absolute atomic E-state index is 0.365. The molecule has 1 N–H and O–H groups in total. The average Bonchev–Trinajstić information content (AvgIpc) is 2.08. The first-order valence-corrected chi connectivity index (χ1v) is 5.06. The molecule has 1 rings (SSSR count). The first-order valence-electron chi connectivity index (χ1n) is 5.06. The van der Waals surface area contributed by atoms with Crippen LogP contribution in [0.3, 0.4) is 0 Å². The lowest BCUT2D eigenvalue weighted by atomic mass is 9.79. The first kappa shape index (κ1) is 10.4. The van der Waals surface area contributed by atoms with Gasteiger partial charge in [0.2, 0.25) is 0 Å². The summed E-state index contributed by atoms with van der Waals surface area (Å²) < 4.78 is 4.51. The summed E-state index contributed by atoms with van der Waals surface area (Å²) in [7, 11) is 0. The van der Waals surface area contributed by atoms with Gasteiger partial charge in [-0.25, -0.2) is 4.79 Å². The van der Waals surface area contributed by atoms with Crippen LogP contribution in [0.1, 0.15) is 39.0 Å². The maximum absolute atomic E-state index is 10.1. The smallest absolute Gasteiger partial charge is 0.450 e. The summed E-state index contributed by atoms with van der Waals surface area (Å²) in [6.07, 6.45) is 4.90. The molecule has 0 amide bonds. The van der Waals surface area contributed by atoms with Gasteiger partial charge in [-0.05, 0) is 18.3 Å². The zero-order chi connectivity index (χ0) is 9.68. The maximum Gasteiger partial charge on any atom is 0.505 e. The quantitative estimate of drug-likeness (QED) is 0.689. The Morgan fingerprint density at radius 2 is 2.15 bits per heavy atom. The highest BCUT2D eigenvalue weighted by molar-refractivity contribution is 5.56. The van der Waals surface area contributed by atoms with Gasteiger partial charge in [-0.15, -0.1) is 0 Å². The molecule has 0 aromatic carbocycles. The molecule has 2 unspecified atom stereocenters. The van der Waals surface area contributed by atoms with Crippen LogP contribution in [0.2, 0.25) is 0 Å². The van der Waals surface area contributed by atoms with Gasteiger partial charge in [0.25, 0.3) is 0 Å². The summed E-state index contributed by atoms with van der Waals surface area (Å²) in [4.78, 5) is 10.1. The van der Waals surface area contributed by atoms with Crippen LogP contribution in [0.4, 0.5) is 4.79 Å². The second-order valence-corrected chi connectivity index (χ2v) is 3.92.